The van der Waals surface area contributed by atoms with Crippen LogP contribution in [0.2, 0.25) is 0 Å². The average Bonchev–Trinajstić information content (AvgIpc) is 2.82. The summed E-state index contributed by atoms with van der Waals surface area (Å²) in [5.41, 5.74) is 0. The van der Waals surface area contributed by atoms with E-state index in [-0.39, 0.29) is 30.5 Å². The van der Waals surface area contributed by atoms with Crippen LogP contribution in [-0.4, -0.2) is 39.3 Å². The molecule has 0 amide bonds. The molecule has 1 rings (SSSR count). The molecule has 5 heteroatoms. The number of carbonyl (C=O) groups excluding carboxylic acids is 1. The number of hydrogen-bond donors (Lipinski definition) is 3. The van der Waals surface area contributed by atoms with E-state index < -0.39 is 18.2 Å². The Morgan fingerprint density at radius 2 is 1.92 bits per heavy atom. The summed E-state index contributed by atoms with van der Waals surface area (Å²) in [4.78, 5) is 22.6. The highest BCUT2D eigenvalue weighted by molar-refractivity contribution is 5.85. The number of ketones is 1. The molecule has 1 saturated carbocycles. The summed E-state index contributed by atoms with van der Waals surface area (Å²) in [7, 11) is 0. The second kappa shape index (κ2) is 12.2. The summed E-state index contributed by atoms with van der Waals surface area (Å²) in [5, 5.41) is 28.7. The second-order valence-corrected chi connectivity index (χ2v) is 7.22. The van der Waals surface area contributed by atoms with Gasteiger partial charge in [-0.15, -0.1) is 0 Å². The number of Topliss-reactive ketones (excluding diaryl/α,β-unsaturated/α-hetero) is 1. The zero-order valence-electron chi connectivity index (χ0n) is 15.4. The molecule has 144 valence electrons. The van der Waals surface area contributed by atoms with E-state index in [2.05, 4.69) is 6.92 Å². The Labute approximate surface area is 151 Å². The third-order valence-corrected chi connectivity index (χ3v) is 5.06. The Balaban J connectivity index is 2.39. The first-order chi connectivity index (χ1) is 12.0. The van der Waals surface area contributed by atoms with E-state index in [9.17, 15) is 19.8 Å². The van der Waals surface area contributed by atoms with Crippen molar-refractivity contribution in [3.05, 3.63) is 12.2 Å². The van der Waals surface area contributed by atoms with Crippen molar-refractivity contribution in [2.45, 2.75) is 89.8 Å². The lowest BCUT2D eigenvalue weighted by molar-refractivity contribution is -0.137. The highest BCUT2D eigenvalue weighted by atomic mass is 16.4. The van der Waals surface area contributed by atoms with Crippen LogP contribution >= 0.6 is 0 Å². The molecule has 0 saturated heterocycles. The Morgan fingerprint density at radius 3 is 2.60 bits per heavy atom. The third kappa shape index (κ3) is 8.63. The van der Waals surface area contributed by atoms with E-state index in [1.165, 1.54) is 0 Å². The molecule has 3 N–H and O–H groups in total. The molecule has 0 heterocycles. The lowest BCUT2D eigenvalue weighted by Crippen LogP contribution is -2.19. The van der Waals surface area contributed by atoms with E-state index >= 15 is 0 Å². The average molecular weight is 354 g/mol. The van der Waals surface area contributed by atoms with Crippen LogP contribution in [0, 0.1) is 11.8 Å². The number of aliphatic carboxylic acids is 1. The molecule has 0 aliphatic heterocycles. The van der Waals surface area contributed by atoms with Crippen LogP contribution in [-0.2, 0) is 9.59 Å². The van der Waals surface area contributed by atoms with Crippen molar-refractivity contribution in [1.82, 2.24) is 0 Å². The summed E-state index contributed by atoms with van der Waals surface area (Å²) in [6.45, 7) is 2.12. The summed E-state index contributed by atoms with van der Waals surface area (Å²) >= 11 is 0. The first-order valence-corrected chi connectivity index (χ1v) is 9.74. The minimum atomic E-state index is -0.764. The monoisotopic (exact) mass is 354 g/mol. The first-order valence-electron chi connectivity index (χ1n) is 9.74. The zero-order chi connectivity index (χ0) is 18.7. The van der Waals surface area contributed by atoms with Crippen molar-refractivity contribution in [2.75, 3.05) is 0 Å². The molecule has 0 spiro atoms. The molecule has 4 atom stereocenters. The number of hydrogen-bond acceptors (Lipinski definition) is 4. The van der Waals surface area contributed by atoms with Crippen molar-refractivity contribution in [3.8, 4) is 0 Å². The van der Waals surface area contributed by atoms with E-state index in [1.807, 2.05) is 0 Å². The predicted octanol–water partition coefficient (Wildman–Crippen LogP) is 3.48. The van der Waals surface area contributed by atoms with Crippen molar-refractivity contribution in [2.24, 2.45) is 11.8 Å². The van der Waals surface area contributed by atoms with Crippen LogP contribution in [0.3, 0.4) is 0 Å². The number of rotatable bonds is 13. The van der Waals surface area contributed by atoms with Crippen molar-refractivity contribution in [1.29, 1.82) is 0 Å². The van der Waals surface area contributed by atoms with Gasteiger partial charge >= 0.3 is 5.97 Å². The number of carbonyl (C=O) groups is 2. The Bertz CT molecular complexity index is 432. The highest BCUT2D eigenvalue weighted by Gasteiger charge is 2.39. The van der Waals surface area contributed by atoms with Gasteiger partial charge in [0.1, 0.15) is 5.78 Å². The number of aliphatic hydroxyl groups excluding tert-OH is 2. The SMILES string of the molecule is CCCCC[C@H](O)/C=C/[C@H]1C(=O)C[C@H](O)[C@@H]1CCCCCCC(=O)O. The van der Waals surface area contributed by atoms with E-state index in [1.54, 1.807) is 12.2 Å². The highest BCUT2D eigenvalue weighted by Crippen LogP contribution is 2.34. The predicted molar refractivity (Wildman–Crippen MR) is 97.2 cm³/mol. The largest absolute Gasteiger partial charge is 0.481 e. The molecule has 0 aromatic rings. The number of unbranched alkanes of at least 4 members (excludes halogenated alkanes) is 5. The van der Waals surface area contributed by atoms with Crippen LogP contribution in [0.1, 0.15) is 77.6 Å². The first kappa shape index (κ1) is 21.8. The molecule has 5 nitrogen and oxygen atoms in total. The number of carboxylic acid groups (broad SMARTS) is 1. The molecule has 0 aromatic carbocycles. The van der Waals surface area contributed by atoms with E-state index in [4.69, 9.17) is 5.11 Å². The van der Waals surface area contributed by atoms with Gasteiger partial charge in [-0.1, -0.05) is 57.6 Å². The molecular formula is C20H34O5. The minimum Gasteiger partial charge on any atom is -0.481 e. The van der Waals surface area contributed by atoms with Gasteiger partial charge in [0.15, 0.2) is 0 Å². The van der Waals surface area contributed by atoms with Crippen LogP contribution in [0.15, 0.2) is 12.2 Å². The van der Waals surface area contributed by atoms with Crippen molar-refractivity contribution in [3.63, 3.8) is 0 Å². The fourth-order valence-corrected chi connectivity index (χ4v) is 3.55. The summed E-state index contributed by atoms with van der Waals surface area (Å²) in [6, 6.07) is 0. The molecule has 0 aromatic heterocycles. The fourth-order valence-electron chi connectivity index (χ4n) is 3.55. The topological polar surface area (TPSA) is 94.8 Å². The smallest absolute Gasteiger partial charge is 0.303 e. The molecule has 1 fully saturated rings. The van der Waals surface area contributed by atoms with Crippen molar-refractivity contribution >= 4 is 11.8 Å². The van der Waals surface area contributed by atoms with Gasteiger partial charge in [0, 0.05) is 18.8 Å². The van der Waals surface area contributed by atoms with Gasteiger partial charge in [0.2, 0.25) is 0 Å². The maximum atomic E-state index is 12.1. The van der Waals surface area contributed by atoms with Gasteiger partial charge in [-0.2, -0.15) is 0 Å². The lowest BCUT2D eigenvalue weighted by Gasteiger charge is -2.18. The molecule has 1 aliphatic rings. The Morgan fingerprint density at radius 1 is 1.20 bits per heavy atom. The summed E-state index contributed by atoms with van der Waals surface area (Å²) in [5.74, 6) is -1.08. The fraction of sp³-hybridized carbons (Fsp3) is 0.800. The summed E-state index contributed by atoms with van der Waals surface area (Å²) < 4.78 is 0. The van der Waals surface area contributed by atoms with Gasteiger partial charge in [-0.25, -0.2) is 0 Å². The maximum absolute atomic E-state index is 12.1. The second-order valence-electron chi connectivity index (χ2n) is 7.22. The molecule has 0 radical (unpaired) electrons. The minimum absolute atomic E-state index is 0.0559. The van der Waals surface area contributed by atoms with Crippen LogP contribution in [0.25, 0.3) is 0 Å². The van der Waals surface area contributed by atoms with Gasteiger partial charge in [0.05, 0.1) is 12.2 Å². The number of carboxylic acids is 1. The van der Waals surface area contributed by atoms with Gasteiger partial charge in [-0.3, -0.25) is 9.59 Å². The number of aliphatic hydroxyl groups is 2. The molecule has 1 aliphatic carbocycles. The molecule has 0 unspecified atom stereocenters. The molecule has 25 heavy (non-hydrogen) atoms. The van der Waals surface area contributed by atoms with Crippen LogP contribution < -0.4 is 0 Å². The molecular weight excluding hydrogens is 320 g/mol. The lowest BCUT2D eigenvalue weighted by atomic mass is 9.88. The van der Waals surface area contributed by atoms with E-state index in [0.717, 1.165) is 44.9 Å². The van der Waals surface area contributed by atoms with E-state index in [0.29, 0.717) is 12.8 Å². The quantitative estimate of drug-likeness (QED) is 0.348. The van der Waals surface area contributed by atoms with Crippen molar-refractivity contribution < 1.29 is 24.9 Å². The number of allylic oxidation sites excluding steroid dienone is 1. The van der Waals surface area contributed by atoms with Crippen LogP contribution in [0.4, 0.5) is 0 Å². The summed E-state index contributed by atoms with van der Waals surface area (Å²) in [6.07, 6.45) is 10.8. The van der Waals surface area contributed by atoms with Gasteiger partial charge in [0.25, 0.3) is 0 Å². The Hall–Kier alpha value is -1.20. The third-order valence-electron chi connectivity index (χ3n) is 5.06. The maximum Gasteiger partial charge on any atom is 0.303 e. The standard InChI is InChI=1S/C20H34O5/c1-2-3-6-9-15(21)12-13-17-16(18(22)14-19(17)23)10-7-4-5-8-11-20(24)25/h12-13,15-18,21-22H,2-11,14H2,1H3,(H,24,25)/b13-12+/t15-,16+,17+,18-/m0/s1. The Kier molecular flexibility index (Phi) is 10.7. The van der Waals surface area contributed by atoms with Gasteiger partial charge < -0.3 is 15.3 Å². The molecule has 0 bridgehead atoms. The normalized spacial score (nSPS) is 24.9. The van der Waals surface area contributed by atoms with Crippen LogP contribution in [0.5, 0.6) is 0 Å². The zero-order valence-corrected chi connectivity index (χ0v) is 15.4. The van der Waals surface area contributed by atoms with Gasteiger partial charge in [-0.05, 0) is 25.2 Å².